The van der Waals surface area contributed by atoms with E-state index in [4.69, 9.17) is 9.47 Å². The number of rotatable bonds is 4. The van der Waals surface area contributed by atoms with Crippen LogP contribution in [0.1, 0.15) is 45.1 Å². The lowest BCUT2D eigenvalue weighted by atomic mass is 9.90. The summed E-state index contributed by atoms with van der Waals surface area (Å²) >= 11 is 1.51. The van der Waals surface area contributed by atoms with Crippen molar-refractivity contribution < 1.29 is 19.1 Å². The summed E-state index contributed by atoms with van der Waals surface area (Å²) in [7, 11) is 0. The molecule has 5 nitrogen and oxygen atoms in total. The Bertz CT molecular complexity index is 841. The van der Waals surface area contributed by atoms with E-state index in [-0.39, 0.29) is 5.91 Å². The third-order valence-corrected chi connectivity index (χ3v) is 6.62. The molecular weight excluding hydrogens is 374 g/mol. The Morgan fingerprint density at radius 3 is 2.71 bits per heavy atom. The summed E-state index contributed by atoms with van der Waals surface area (Å²) in [5, 5.41) is 0. The van der Waals surface area contributed by atoms with Crippen LogP contribution < -0.4 is 0 Å². The first-order valence-electron chi connectivity index (χ1n) is 9.86. The number of aryl methyl sites for hydroxylation is 1. The topological polar surface area (TPSA) is 55.8 Å². The molecule has 1 aromatic carbocycles. The summed E-state index contributed by atoms with van der Waals surface area (Å²) in [4.78, 5) is 29.6. The molecular formula is C22H25NO4S. The highest BCUT2D eigenvalue weighted by molar-refractivity contribution is 7.14. The van der Waals surface area contributed by atoms with E-state index in [9.17, 15) is 9.59 Å². The molecule has 2 atom stereocenters. The van der Waals surface area contributed by atoms with Crippen LogP contribution in [0.2, 0.25) is 0 Å². The molecule has 2 aliphatic rings. The number of carbonyl (C=O) groups excluding carboxylic acids is 2. The average Bonchev–Trinajstić information content (AvgIpc) is 3.16. The fourth-order valence-corrected chi connectivity index (χ4v) is 4.90. The predicted molar refractivity (Wildman–Crippen MR) is 108 cm³/mol. The van der Waals surface area contributed by atoms with E-state index < -0.39 is 12.1 Å². The molecule has 1 aliphatic carbocycles. The molecule has 0 bridgehead atoms. The molecule has 6 heteroatoms. The molecule has 0 spiro atoms. The second-order valence-corrected chi connectivity index (χ2v) is 8.68. The summed E-state index contributed by atoms with van der Waals surface area (Å²) in [6.07, 6.45) is 2.26. The first kappa shape index (κ1) is 19.2. The van der Waals surface area contributed by atoms with Gasteiger partial charge >= 0.3 is 5.97 Å². The van der Waals surface area contributed by atoms with Crippen LogP contribution in [0.4, 0.5) is 0 Å². The van der Waals surface area contributed by atoms with Crippen LogP contribution in [0.3, 0.4) is 0 Å². The van der Waals surface area contributed by atoms with E-state index in [0.29, 0.717) is 42.7 Å². The van der Waals surface area contributed by atoms with Gasteiger partial charge in [0.15, 0.2) is 0 Å². The summed E-state index contributed by atoms with van der Waals surface area (Å²) < 4.78 is 11.1. The third-order valence-electron chi connectivity index (χ3n) is 5.40. The van der Waals surface area contributed by atoms with Gasteiger partial charge in [-0.05, 0) is 36.8 Å². The van der Waals surface area contributed by atoms with Gasteiger partial charge < -0.3 is 14.4 Å². The second kappa shape index (κ2) is 8.45. The van der Waals surface area contributed by atoms with Crippen LogP contribution in [0, 0.1) is 5.92 Å². The summed E-state index contributed by atoms with van der Waals surface area (Å²) in [5.74, 6) is 0.0474. The Morgan fingerprint density at radius 1 is 1.21 bits per heavy atom. The number of carbonyl (C=O) groups is 2. The van der Waals surface area contributed by atoms with E-state index in [1.54, 1.807) is 4.90 Å². The number of amides is 1. The molecule has 1 fully saturated rings. The van der Waals surface area contributed by atoms with Gasteiger partial charge in [-0.15, -0.1) is 11.3 Å². The first-order valence-corrected chi connectivity index (χ1v) is 10.7. The highest BCUT2D eigenvalue weighted by atomic mass is 32.1. The van der Waals surface area contributed by atoms with Gasteiger partial charge in [-0.1, -0.05) is 37.3 Å². The molecule has 1 amide bonds. The number of hydrogen-bond donors (Lipinski definition) is 0. The van der Waals surface area contributed by atoms with Crippen molar-refractivity contribution in [3.63, 3.8) is 0 Å². The third kappa shape index (κ3) is 4.13. The van der Waals surface area contributed by atoms with Crippen molar-refractivity contribution in [1.29, 1.82) is 0 Å². The molecule has 1 aliphatic heterocycles. The van der Waals surface area contributed by atoms with Gasteiger partial charge in [-0.3, -0.25) is 4.79 Å². The molecule has 28 heavy (non-hydrogen) atoms. The van der Waals surface area contributed by atoms with Crippen LogP contribution in [-0.4, -0.2) is 43.1 Å². The summed E-state index contributed by atoms with van der Waals surface area (Å²) in [6, 6.07) is 11.2. The molecule has 1 aromatic heterocycles. The Hall–Kier alpha value is -2.18. The molecule has 0 N–H and O–H groups in total. The maximum absolute atomic E-state index is 13.1. The maximum Gasteiger partial charge on any atom is 0.349 e. The summed E-state index contributed by atoms with van der Waals surface area (Å²) in [6.45, 7) is 4.30. The van der Waals surface area contributed by atoms with Gasteiger partial charge in [0.05, 0.1) is 13.2 Å². The zero-order chi connectivity index (χ0) is 19.5. The van der Waals surface area contributed by atoms with E-state index >= 15 is 0 Å². The second-order valence-electron chi connectivity index (χ2n) is 7.54. The smallest absolute Gasteiger partial charge is 0.349 e. The van der Waals surface area contributed by atoms with Crippen LogP contribution >= 0.6 is 11.3 Å². The monoisotopic (exact) mass is 399 g/mol. The lowest BCUT2D eigenvalue weighted by molar-refractivity contribution is -0.145. The molecule has 2 aromatic rings. The Labute approximate surface area is 169 Å². The largest absolute Gasteiger partial charge is 0.443 e. The quantitative estimate of drug-likeness (QED) is 0.737. The van der Waals surface area contributed by atoms with Gasteiger partial charge in [-0.2, -0.15) is 0 Å². The van der Waals surface area contributed by atoms with Gasteiger partial charge in [0.25, 0.3) is 5.91 Å². The van der Waals surface area contributed by atoms with Crippen LogP contribution in [-0.2, 0) is 27.1 Å². The Balaban J connectivity index is 1.55. The zero-order valence-electron chi connectivity index (χ0n) is 16.1. The van der Waals surface area contributed by atoms with Crippen molar-refractivity contribution in [3.05, 3.63) is 57.3 Å². The van der Waals surface area contributed by atoms with Crippen molar-refractivity contribution >= 4 is 23.2 Å². The number of esters is 1. The van der Waals surface area contributed by atoms with Crippen molar-refractivity contribution in [1.82, 2.24) is 4.90 Å². The molecule has 1 saturated heterocycles. The van der Waals surface area contributed by atoms with E-state index in [1.165, 1.54) is 21.8 Å². The minimum atomic E-state index is -0.926. The van der Waals surface area contributed by atoms with Crippen molar-refractivity contribution in [3.8, 4) is 0 Å². The lowest BCUT2D eigenvalue weighted by Gasteiger charge is -2.30. The van der Waals surface area contributed by atoms with Gasteiger partial charge in [0, 0.05) is 23.5 Å². The van der Waals surface area contributed by atoms with Crippen LogP contribution in [0.25, 0.3) is 0 Å². The molecule has 2 heterocycles. The lowest BCUT2D eigenvalue weighted by Crippen LogP contribution is -2.44. The van der Waals surface area contributed by atoms with Crippen molar-refractivity contribution in [2.24, 2.45) is 5.92 Å². The fourth-order valence-electron chi connectivity index (χ4n) is 3.81. The Kier molecular flexibility index (Phi) is 5.78. The average molecular weight is 400 g/mol. The number of ether oxygens (including phenoxy) is 2. The summed E-state index contributed by atoms with van der Waals surface area (Å²) in [5.41, 5.74) is 1.95. The van der Waals surface area contributed by atoms with Gasteiger partial charge in [0.1, 0.15) is 4.88 Å². The number of benzene rings is 1. The first-order chi connectivity index (χ1) is 13.6. The number of thiophene rings is 1. The molecule has 0 saturated carbocycles. The minimum absolute atomic E-state index is 0.183. The fraction of sp³-hybridized carbons (Fsp3) is 0.455. The number of fused-ring (bicyclic) bond motifs is 1. The molecule has 0 radical (unpaired) electrons. The molecule has 4 rings (SSSR count). The predicted octanol–water partition coefficient (Wildman–Crippen LogP) is 3.63. The van der Waals surface area contributed by atoms with E-state index in [2.05, 4.69) is 6.92 Å². The van der Waals surface area contributed by atoms with Gasteiger partial charge in [-0.25, -0.2) is 4.79 Å². The molecule has 0 unspecified atom stereocenters. The van der Waals surface area contributed by atoms with E-state index in [0.717, 1.165) is 19.3 Å². The van der Waals surface area contributed by atoms with Crippen LogP contribution in [0.15, 0.2) is 36.4 Å². The SMILES string of the molecule is C[C@H]1CCc2sc(C(=O)O[C@@H](C(=O)N3CCOCC3)c3ccccc3)cc2C1. The Morgan fingerprint density at radius 2 is 1.96 bits per heavy atom. The zero-order valence-corrected chi connectivity index (χ0v) is 16.9. The van der Waals surface area contributed by atoms with Gasteiger partial charge in [0.2, 0.25) is 6.10 Å². The van der Waals surface area contributed by atoms with Crippen molar-refractivity contribution in [2.75, 3.05) is 26.3 Å². The normalized spacial score (nSPS) is 20.3. The number of nitrogens with zero attached hydrogens (tertiary/aromatic N) is 1. The maximum atomic E-state index is 13.1. The number of hydrogen-bond acceptors (Lipinski definition) is 5. The highest BCUT2D eigenvalue weighted by Gasteiger charge is 2.32. The molecule has 148 valence electrons. The standard InChI is InChI=1S/C22H25NO4S/c1-15-7-8-18-17(13-15)14-19(28-18)22(25)27-20(16-5-3-2-4-6-16)21(24)23-9-11-26-12-10-23/h2-6,14-15,20H,7-13H2,1H3/t15-,20+/m0/s1. The van der Waals surface area contributed by atoms with Crippen molar-refractivity contribution in [2.45, 2.75) is 32.3 Å². The van der Waals surface area contributed by atoms with E-state index in [1.807, 2.05) is 36.4 Å². The minimum Gasteiger partial charge on any atom is -0.443 e. The number of morpholine rings is 1. The van der Waals surface area contributed by atoms with Crippen LogP contribution in [0.5, 0.6) is 0 Å². The highest BCUT2D eigenvalue weighted by Crippen LogP contribution is 2.33.